The highest BCUT2D eigenvalue weighted by molar-refractivity contribution is 7.91. The summed E-state index contributed by atoms with van der Waals surface area (Å²) in [5, 5.41) is 0. The van der Waals surface area contributed by atoms with Crippen molar-refractivity contribution < 1.29 is 17.9 Å². The lowest BCUT2D eigenvalue weighted by atomic mass is 10.1. The van der Waals surface area contributed by atoms with Crippen molar-refractivity contribution in [3.05, 3.63) is 0 Å². The molecule has 0 spiro atoms. The zero-order valence-electron chi connectivity index (χ0n) is 12.5. The van der Waals surface area contributed by atoms with Gasteiger partial charge in [-0.3, -0.25) is 9.69 Å². The number of esters is 1. The summed E-state index contributed by atoms with van der Waals surface area (Å²) in [6.07, 6.45) is 6.11. The Morgan fingerprint density at radius 3 is 2.40 bits per heavy atom. The van der Waals surface area contributed by atoms with E-state index in [1.165, 1.54) is 19.3 Å². The first-order valence-corrected chi connectivity index (χ1v) is 9.44. The summed E-state index contributed by atoms with van der Waals surface area (Å²) in [6.45, 7) is 4.28. The second kappa shape index (κ2) is 9.34. The highest BCUT2D eigenvalue weighted by atomic mass is 32.2. The number of sulfone groups is 1. The maximum absolute atomic E-state index is 11.5. The third kappa shape index (κ3) is 7.85. The lowest BCUT2D eigenvalue weighted by Gasteiger charge is -2.26. The number of hydrogen-bond acceptors (Lipinski definition) is 5. The van der Waals surface area contributed by atoms with Crippen molar-refractivity contribution in [2.24, 2.45) is 0 Å². The van der Waals surface area contributed by atoms with E-state index in [1.807, 2.05) is 4.90 Å². The number of nitrogens with zero attached hydrogens (tertiary/aromatic N) is 1. The maximum Gasteiger partial charge on any atom is 0.305 e. The summed E-state index contributed by atoms with van der Waals surface area (Å²) in [6, 6.07) is 0. The van der Waals surface area contributed by atoms with Gasteiger partial charge >= 0.3 is 5.97 Å². The Bertz CT molecular complexity index is 367. The molecule has 1 fully saturated rings. The van der Waals surface area contributed by atoms with E-state index in [-0.39, 0.29) is 17.5 Å². The van der Waals surface area contributed by atoms with Crippen molar-refractivity contribution in [3.8, 4) is 0 Å². The van der Waals surface area contributed by atoms with Crippen molar-refractivity contribution in [2.45, 2.75) is 45.4 Å². The number of unbranched alkanes of at least 4 members (excludes halogenated alkanes) is 4. The van der Waals surface area contributed by atoms with Gasteiger partial charge in [0.25, 0.3) is 0 Å². The van der Waals surface area contributed by atoms with Crippen LogP contribution in [0.5, 0.6) is 0 Å². The van der Waals surface area contributed by atoms with Crippen molar-refractivity contribution in [1.82, 2.24) is 4.90 Å². The molecule has 0 aromatic heterocycles. The Kier molecular flexibility index (Phi) is 8.14. The van der Waals surface area contributed by atoms with E-state index >= 15 is 0 Å². The summed E-state index contributed by atoms with van der Waals surface area (Å²) in [4.78, 5) is 13.5. The fourth-order valence-corrected chi connectivity index (χ4v) is 3.48. The summed E-state index contributed by atoms with van der Waals surface area (Å²) >= 11 is 0. The number of carbonyl (C=O) groups excluding carboxylic acids is 1. The standard InChI is InChI=1S/C14H27NO4S/c1-2-3-4-5-6-7-14(16)19-11-8-15-9-12-20(17,18)13-10-15/h2-13H2,1H3. The second-order valence-corrected chi connectivity index (χ2v) is 7.68. The Hall–Kier alpha value is -0.620. The highest BCUT2D eigenvalue weighted by Gasteiger charge is 2.21. The van der Waals surface area contributed by atoms with E-state index in [2.05, 4.69) is 6.92 Å². The van der Waals surface area contributed by atoms with Crippen LogP contribution in [0, 0.1) is 0 Å². The molecule has 118 valence electrons. The smallest absolute Gasteiger partial charge is 0.305 e. The Labute approximate surface area is 122 Å². The molecule has 0 atom stereocenters. The summed E-state index contributed by atoms with van der Waals surface area (Å²) in [7, 11) is -2.83. The highest BCUT2D eigenvalue weighted by Crippen LogP contribution is 2.06. The molecule has 0 aliphatic carbocycles. The Morgan fingerprint density at radius 1 is 1.10 bits per heavy atom. The van der Waals surface area contributed by atoms with Gasteiger partial charge < -0.3 is 4.74 Å². The maximum atomic E-state index is 11.5. The fraction of sp³-hybridized carbons (Fsp3) is 0.929. The first-order valence-electron chi connectivity index (χ1n) is 7.62. The first-order chi connectivity index (χ1) is 9.53. The molecule has 0 bridgehead atoms. The van der Waals surface area contributed by atoms with E-state index in [4.69, 9.17) is 4.74 Å². The van der Waals surface area contributed by atoms with Gasteiger partial charge in [0.05, 0.1) is 11.5 Å². The largest absolute Gasteiger partial charge is 0.464 e. The quantitative estimate of drug-likeness (QED) is 0.478. The Morgan fingerprint density at radius 2 is 1.75 bits per heavy atom. The van der Waals surface area contributed by atoms with Crippen LogP contribution in [0.4, 0.5) is 0 Å². The predicted octanol–water partition coefficient (Wildman–Crippen LogP) is 1.62. The molecule has 1 saturated heterocycles. The van der Waals surface area contributed by atoms with Crippen molar-refractivity contribution >= 4 is 15.8 Å². The average molecular weight is 305 g/mol. The molecule has 1 heterocycles. The van der Waals surface area contributed by atoms with E-state index in [1.54, 1.807) is 0 Å². The van der Waals surface area contributed by atoms with Gasteiger partial charge in [0, 0.05) is 26.1 Å². The third-order valence-corrected chi connectivity index (χ3v) is 5.20. The molecular weight excluding hydrogens is 278 g/mol. The molecule has 0 saturated carbocycles. The average Bonchev–Trinajstić information content (AvgIpc) is 2.40. The second-order valence-electron chi connectivity index (χ2n) is 5.38. The van der Waals surface area contributed by atoms with Gasteiger partial charge in [-0.25, -0.2) is 8.42 Å². The molecule has 1 aliphatic rings. The molecule has 6 heteroatoms. The SMILES string of the molecule is CCCCCCCC(=O)OCCN1CCS(=O)(=O)CC1. The van der Waals surface area contributed by atoms with Crippen LogP contribution in [0.25, 0.3) is 0 Å². The first kappa shape index (κ1) is 17.4. The number of ether oxygens (including phenoxy) is 1. The number of hydrogen-bond donors (Lipinski definition) is 0. The van der Waals surface area contributed by atoms with Crippen LogP contribution in [0.2, 0.25) is 0 Å². The summed E-state index contributed by atoms with van der Waals surface area (Å²) < 4.78 is 27.7. The van der Waals surface area contributed by atoms with E-state index in [9.17, 15) is 13.2 Å². The molecule has 0 N–H and O–H groups in total. The molecule has 5 nitrogen and oxygen atoms in total. The minimum atomic E-state index is -2.83. The van der Waals surface area contributed by atoms with Crippen molar-refractivity contribution in [1.29, 1.82) is 0 Å². The molecule has 0 aromatic carbocycles. The third-order valence-electron chi connectivity index (χ3n) is 3.59. The predicted molar refractivity (Wildman–Crippen MR) is 79.4 cm³/mol. The molecular formula is C14H27NO4S. The number of rotatable bonds is 9. The summed E-state index contributed by atoms with van der Waals surface area (Å²) in [5.41, 5.74) is 0. The zero-order valence-corrected chi connectivity index (χ0v) is 13.3. The van der Waals surface area contributed by atoms with Gasteiger partial charge in [-0.1, -0.05) is 32.6 Å². The van der Waals surface area contributed by atoms with Crippen LogP contribution in [0.15, 0.2) is 0 Å². The molecule has 0 radical (unpaired) electrons. The van der Waals surface area contributed by atoms with Crippen LogP contribution in [-0.4, -0.2) is 57.0 Å². The topological polar surface area (TPSA) is 63.7 Å². The lowest BCUT2D eigenvalue weighted by Crippen LogP contribution is -2.41. The monoisotopic (exact) mass is 305 g/mol. The summed E-state index contributed by atoms with van der Waals surface area (Å²) in [5.74, 6) is 0.308. The van der Waals surface area contributed by atoms with Crippen molar-refractivity contribution in [2.75, 3.05) is 37.7 Å². The molecule has 0 unspecified atom stereocenters. The van der Waals surface area contributed by atoms with Gasteiger partial charge in [0.15, 0.2) is 9.84 Å². The Balaban J connectivity index is 1.99. The minimum absolute atomic E-state index is 0.133. The van der Waals surface area contributed by atoms with Crippen LogP contribution in [0.1, 0.15) is 45.4 Å². The minimum Gasteiger partial charge on any atom is -0.464 e. The number of carbonyl (C=O) groups is 1. The van der Waals surface area contributed by atoms with Gasteiger partial charge in [-0.2, -0.15) is 0 Å². The van der Waals surface area contributed by atoms with E-state index in [0.29, 0.717) is 32.7 Å². The molecule has 0 aromatic rings. The van der Waals surface area contributed by atoms with E-state index in [0.717, 1.165) is 12.8 Å². The van der Waals surface area contributed by atoms with E-state index < -0.39 is 9.84 Å². The van der Waals surface area contributed by atoms with Crippen LogP contribution in [-0.2, 0) is 19.4 Å². The fourth-order valence-electron chi connectivity index (χ4n) is 2.21. The van der Waals surface area contributed by atoms with Crippen LogP contribution in [0.3, 0.4) is 0 Å². The zero-order chi connectivity index (χ0) is 14.8. The lowest BCUT2D eigenvalue weighted by molar-refractivity contribution is -0.144. The normalized spacial score (nSPS) is 18.9. The molecule has 1 rings (SSSR count). The molecule has 20 heavy (non-hydrogen) atoms. The van der Waals surface area contributed by atoms with Crippen molar-refractivity contribution in [3.63, 3.8) is 0 Å². The molecule has 1 aliphatic heterocycles. The molecule has 0 amide bonds. The van der Waals surface area contributed by atoms with Crippen LogP contribution < -0.4 is 0 Å². The van der Waals surface area contributed by atoms with Gasteiger partial charge in [0.2, 0.25) is 0 Å². The van der Waals surface area contributed by atoms with Gasteiger partial charge in [-0.15, -0.1) is 0 Å². The van der Waals surface area contributed by atoms with Crippen LogP contribution >= 0.6 is 0 Å². The van der Waals surface area contributed by atoms with Gasteiger partial charge in [0.1, 0.15) is 6.61 Å². The van der Waals surface area contributed by atoms with Gasteiger partial charge in [-0.05, 0) is 6.42 Å².